The zero-order valence-electron chi connectivity index (χ0n) is 20.1. The fourth-order valence-corrected chi connectivity index (χ4v) is 4.05. The van der Waals surface area contributed by atoms with Crippen LogP contribution in [0.2, 0.25) is 0 Å². The van der Waals surface area contributed by atoms with Gasteiger partial charge in [-0.2, -0.15) is 5.26 Å². The van der Waals surface area contributed by atoms with Crippen molar-refractivity contribution in [2.24, 2.45) is 0 Å². The Kier molecular flexibility index (Phi) is 8.27. The smallest absolute Gasteiger partial charge is 0.344 e. The first-order valence-corrected chi connectivity index (χ1v) is 11.9. The molecule has 3 aromatic rings. The van der Waals surface area contributed by atoms with Crippen LogP contribution in [0.5, 0.6) is 11.5 Å². The number of methoxy groups -OCH3 is 1. The summed E-state index contributed by atoms with van der Waals surface area (Å²) >= 11 is 0. The van der Waals surface area contributed by atoms with Crippen molar-refractivity contribution in [1.29, 1.82) is 5.26 Å². The minimum atomic E-state index is -1.90. The zero-order valence-corrected chi connectivity index (χ0v) is 20.9. The van der Waals surface area contributed by atoms with Gasteiger partial charge < -0.3 is 18.9 Å². The molecule has 0 aromatic heterocycles. The Balaban J connectivity index is 1.79. The summed E-state index contributed by atoms with van der Waals surface area (Å²) in [5.74, 6) is -1.86. The summed E-state index contributed by atoms with van der Waals surface area (Å²) in [6.07, 6.45) is 0. The summed E-state index contributed by atoms with van der Waals surface area (Å²) in [6, 6.07) is 14.7. The van der Waals surface area contributed by atoms with Crippen molar-refractivity contribution in [2.45, 2.75) is 31.3 Å². The van der Waals surface area contributed by atoms with Crippen LogP contribution in [0.3, 0.4) is 0 Å². The van der Waals surface area contributed by atoms with Gasteiger partial charge in [0.15, 0.2) is 17.6 Å². The van der Waals surface area contributed by atoms with Gasteiger partial charge in [-0.3, -0.25) is 0 Å². The Bertz CT molecular complexity index is 1330. The number of anilines is 1. The lowest BCUT2D eigenvalue weighted by Gasteiger charge is -2.19. The van der Waals surface area contributed by atoms with Crippen LogP contribution < -0.4 is 14.2 Å². The quantitative estimate of drug-likeness (QED) is 0.406. The average Bonchev–Trinajstić information content (AvgIpc) is 2.82. The SMILES string of the molecule is COc1ccc(F)c(S(=O)Nc2ccc(-c3cc(F)c(C#N)c(OCC(=O)OC(C)(C)C)c3)cc2)c1. The lowest BCUT2D eigenvalue weighted by atomic mass is 10.0. The summed E-state index contributed by atoms with van der Waals surface area (Å²) < 4.78 is 59.6. The molecule has 1 N–H and O–H groups in total. The number of benzene rings is 3. The molecule has 0 heterocycles. The predicted octanol–water partition coefficient (Wildman–Crippen LogP) is 5.37. The van der Waals surface area contributed by atoms with Crippen LogP contribution in [0, 0.1) is 23.0 Å². The molecule has 0 saturated heterocycles. The molecule has 10 heteroatoms. The van der Waals surface area contributed by atoms with Crippen molar-refractivity contribution < 1.29 is 32.0 Å². The van der Waals surface area contributed by atoms with Crippen LogP contribution in [0.25, 0.3) is 11.1 Å². The number of halogens is 2. The van der Waals surface area contributed by atoms with Crippen molar-refractivity contribution in [3.63, 3.8) is 0 Å². The number of hydrogen-bond acceptors (Lipinski definition) is 6. The maximum Gasteiger partial charge on any atom is 0.344 e. The van der Waals surface area contributed by atoms with Gasteiger partial charge in [0, 0.05) is 11.8 Å². The fraction of sp³-hybridized carbons (Fsp3) is 0.231. The molecule has 0 aliphatic rings. The number of hydrogen-bond donors (Lipinski definition) is 1. The molecule has 36 heavy (non-hydrogen) atoms. The highest BCUT2D eigenvalue weighted by Gasteiger charge is 2.19. The van der Waals surface area contributed by atoms with Crippen LogP contribution in [-0.2, 0) is 20.5 Å². The molecular formula is C26H24F2N2O5S. The van der Waals surface area contributed by atoms with E-state index in [2.05, 4.69) is 4.72 Å². The minimum absolute atomic E-state index is 0.0700. The lowest BCUT2D eigenvalue weighted by molar-refractivity contribution is -0.157. The largest absolute Gasteiger partial charge is 0.497 e. The lowest BCUT2D eigenvalue weighted by Crippen LogP contribution is -2.27. The number of carbonyl (C=O) groups is 1. The average molecular weight is 515 g/mol. The van der Waals surface area contributed by atoms with Crippen molar-refractivity contribution >= 4 is 22.6 Å². The van der Waals surface area contributed by atoms with Gasteiger partial charge in [0.05, 0.1) is 12.0 Å². The Hall–Kier alpha value is -3.97. The zero-order chi connectivity index (χ0) is 26.5. The van der Waals surface area contributed by atoms with Crippen molar-refractivity contribution in [1.82, 2.24) is 0 Å². The highest BCUT2D eigenvalue weighted by molar-refractivity contribution is 7.86. The molecule has 0 amide bonds. The van der Waals surface area contributed by atoms with Gasteiger partial charge in [0.25, 0.3) is 0 Å². The van der Waals surface area contributed by atoms with Crippen LogP contribution >= 0.6 is 0 Å². The standard InChI is InChI=1S/C26H24F2N2O5S/c1-26(2,3)35-25(31)15-34-23-12-17(11-22(28)20(23)14-29)16-5-7-18(8-6-16)30-36(32)24-13-19(33-4)9-10-21(24)27/h5-13,30H,15H2,1-4H3. The topological polar surface area (TPSA) is 97.6 Å². The van der Waals surface area contributed by atoms with Crippen molar-refractivity contribution in [2.75, 3.05) is 18.4 Å². The summed E-state index contributed by atoms with van der Waals surface area (Å²) in [7, 11) is -0.478. The number of rotatable bonds is 8. The number of nitrogens with zero attached hydrogens (tertiary/aromatic N) is 1. The van der Waals surface area contributed by atoms with Gasteiger partial charge in [-0.05, 0) is 68.3 Å². The second kappa shape index (κ2) is 11.2. The van der Waals surface area contributed by atoms with Crippen LogP contribution in [-0.4, -0.2) is 29.5 Å². The monoisotopic (exact) mass is 514 g/mol. The molecule has 0 aliphatic carbocycles. The molecule has 0 fully saturated rings. The molecule has 3 aromatic carbocycles. The minimum Gasteiger partial charge on any atom is -0.497 e. The number of nitrogens with one attached hydrogen (secondary N) is 1. The van der Waals surface area contributed by atoms with Gasteiger partial charge in [-0.1, -0.05) is 12.1 Å². The van der Waals surface area contributed by atoms with Crippen molar-refractivity contribution in [3.8, 4) is 28.7 Å². The normalized spacial score (nSPS) is 11.8. The molecule has 3 rings (SSSR count). The number of ether oxygens (including phenoxy) is 3. The third-order valence-electron chi connectivity index (χ3n) is 4.70. The number of carbonyl (C=O) groups excluding carboxylic acids is 1. The van der Waals surface area contributed by atoms with Crippen LogP contribution in [0.15, 0.2) is 59.5 Å². The summed E-state index contributed by atoms with van der Waals surface area (Å²) in [6.45, 7) is 4.61. The van der Waals surface area contributed by atoms with E-state index in [1.54, 1.807) is 51.1 Å². The first kappa shape index (κ1) is 26.6. The van der Waals surface area contributed by atoms with Gasteiger partial charge in [0.2, 0.25) is 0 Å². The molecule has 1 atom stereocenters. The summed E-state index contributed by atoms with van der Waals surface area (Å²) in [4.78, 5) is 11.9. The van der Waals surface area contributed by atoms with E-state index in [0.29, 0.717) is 22.6 Å². The van der Waals surface area contributed by atoms with Gasteiger partial charge >= 0.3 is 5.97 Å². The van der Waals surface area contributed by atoms with E-state index in [9.17, 15) is 23.0 Å². The third kappa shape index (κ3) is 6.79. The third-order valence-corrected chi connectivity index (χ3v) is 5.83. The van der Waals surface area contributed by atoms with Crippen molar-refractivity contribution in [3.05, 3.63) is 71.8 Å². The maximum atomic E-state index is 14.6. The molecule has 0 aliphatic heterocycles. The molecule has 7 nitrogen and oxygen atoms in total. The van der Waals surface area contributed by atoms with E-state index < -0.39 is 40.8 Å². The molecule has 188 valence electrons. The summed E-state index contributed by atoms with van der Waals surface area (Å²) in [5, 5.41) is 9.32. The van der Waals surface area contributed by atoms with E-state index in [0.717, 1.165) is 0 Å². The fourth-order valence-electron chi connectivity index (χ4n) is 3.12. The van der Waals surface area contributed by atoms with Gasteiger partial charge in [-0.15, -0.1) is 0 Å². The van der Waals surface area contributed by atoms with E-state index in [1.807, 2.05) is 0 Å². The first-order valence-electron chi connectivity index (χ1n) is 10.7. The molecule has 0 radical (unpaired) electrons. The maximum absolute atomic E-state index is 14.6. The Morgan fingerprint density at radius 1 is 1.03 bits per heavy atom. The van der Waals surface area contributed by atoms with Crippen LogP contribution in [0.4, 0.5) is 14.5 Å². The van der Waals surface area contributed by atoms with Gasteiger partial charge in [0.1, 0.15) is 40.4 Å². The predicted molar refractivity (Wildman–Crippen MR) is 131 cm³/mol. The number of nitriles is 1. The summed E-state index contributed by atoms with van der Waals surface area (Å²) in [5.41, 5.74) is 0.316. The first-order chi connectivity index (χ1) is 17.0. The second-order valence-electron chi connectivity index (χ2n) is 8.56. The Labute approximate surface area is 210 Å². The van der Waals surface area contributed by atoms with E-state index >= 15 is 0 Å². The Morgan fingerprint density at radius 3 is 2.33 bits per heavy atom. The molecule has 0 spiro atoms. The van der Waals surface area contributed by atoms with Crippen LogP contribution in [0.1, 0.15) is 26.3 Å². The van der Waals surface area contributed by atoms with E-state index in [1.165, 1.54) is 37.4 Å². The molecule has 0 saturated carbocycles. The highest BCUT2D eigenvalue weighted by atomic mass is 32.2. The highest BCUT2D eigenvalue weighted by Crippen LogP contribution is 2.31. The Morgan fingerprint density at radius 2 is 1.72 bits per heavy atom. The van der Waals surface area contributed by atoms with E-state index in [4.69, 9.17) is 14.2 Å². The van der Waals surface area contributed by atoms with Gasteiger partial charge in [-0.25, -0.2) is 17.8 Å². The molecule has 0 bridgehead atoms. The number of esters is 1. The van der Waals surface area contributed by atoms with E-state index in [-0.39, 0.29) is 16.2 Å². The molecular weight excluding hydrogens is 490 g/mol. The molecule has 1 unspecified atom stereocenters. The second-order valence-corrected chi connectivity index (χ2v) is 9.74.